The van der Waals surface area contributed by atoms with Crippen molar-refractivity contribution < 1.29 is 9.59 Å². The second-order valence-electron chi connectivity index (χ2n) is 3.14. The first-order valence-electron chi connectivity index (χ1n) is 4.02. The second kappa shape index (κ2) is 3.13. The van der Waals surface area contributed by atoms with E-state index in [-0.39, 0.29) is 5.78 Å². The van der Waals surface area contributed by atoms with Crippen LogP contribution in [0.5, 0.6) is 0 Å². The van der Waals surface area contributed by atoms with Gasteiger partial charge in [-0.15, -0.1) is 4.91 Å². The van der Waals surface area contributed by atoms with Crippen molar-refractivity contribution in [3.63, 3.8) is 0 Å². The van der Waals surface area contributed by atoms with Gasteiger partial charge in [-0.2, -0.15) is 0 Å². The van der Waals surface area contributed by atoms with Gasteiger partial charge in [0.15, 0.2) is 11.6 Å². The highest BCUT2D eigenvalue weighted by atomic mass is 16.3. The van der Waals surface area contributed by atoms with E-state index in [0.29, 0.717) is 12.8 Å². The summed E-state index contributed by atoms with van der Waals surface area (Å²) in [6.07, 6.45) is 2.11. The van der Waals surface area contributed by atoms with Crippen LogP contribution in [0.4, 0.5) is 0 Å². The fraction of sp³-hybridized carbons (Fsp3) is 0.750. The van der Waals surface area contributed by atoms with Gasteiger partial charge < -0.3 is 0 Å². The summed E-state index contributed by atoms with van der Waals surface area (Å²) < 4.78 is 0. The van der Waals surface area contributed by atoms with Crippen molar-refractivity contribution in [2.24, 2.45) is 5.18 Å². The van der Waals surface area contributed by atoms with Gasteiger partial charge in [-0.05, 0) is 31.4 Å². The molecule has 1 unspecified atom stereocenters. The Kier molecular flexibility index (Phi) is 2.35. The van der Waals surface area contributed by atoms with Crippen LogP contribution < -0.4 is 0 Å². The Labute approximate surface area is 70.3 Å². The summed E-state index contributed by atoms with van der Waals surface area (Å²) in [5, 5.41) is 2.71. The minimum absolute atomic E-state index is 0.296. The molecule has 1 aliphatic carbocycles. The molecular weight excluding hydrogens is 158 g/mol. The van der Waals surface area contributed by atoms with E-state index in [1.807, 2.05) is 0 Å². The number of ketones is 2. The average Bonchev–Trinajstić information content (AvgIpc) is 2.05. The largest absolute Gasteiger partial charge is 0.297 e. The van der Waals surface area contributed by atoms with E-state index in [2.05, 4.69) is 5.18 Å². The number of hydrogen-bond acceptors (Lipinski definition) is 4. The molecule has 1 fully saturated rings. The van der Waals surface area contributed by atoms with E-state index in [1.165, 1.54) is 6.92 Å². The van der Waals surface area contributed by atoms with Crippen LogP contribution in [0.2, 0.25) is 0 Å². The van der Waals surface area contributed by atoms with Crippen molar-refractivity contribution in [1.29, 1.82) is 0 Å². The normalized spacial score (nSPS) is 29.9. The topological polar surface area (TPSA) is 63.6 Å². The molecule has 0 aromatic heterocycles. The number of carbonyl (C=O) groups is 2. The molecule has 12 heavy (non-hydrogen) atoms. The molecule has 0 N–H and O–H groups in total. The summed E-state index contributed by atoms with van der Waals surface area (Å²) in [6.45, 7) is 1.25. The quantitative estimate of drug-likeness (QED) is 0.461. The lowest BCUT2D eigenvalue weighted by molar-refractivity contribution is -0.135. The first-order valence-corrected chi connectivity index (χ1v) is 4.02. The van der Waals surface area contributed by atoms with E-state index in [0.717, 1.165) is 12.8 Å². The Bertz CT molecular complexity index is 236. The van der Waals surface area contributed by atoms with Gasteiger partial charge in [-0.1, -0.05) is 0 Å². The van der Waals surface area contributed by atoms with Gasteiger partial charge in [-0.25, -0.2) is 0 Å². The molecule has 0 radical (unpaired) electrons. The van der Waals surface area contributed by atoms with E-state index in [9.17, 15) is 14.5 Å². The zero-order valence-corrected chi connectivity index (χ0v) is 7.00. The van der Waals surface area contributed by atoms with Gasteiger partial charge in [-0.3, -0.25) is 9.59 Å². The molecule has 0 heterocycles. The predicted molar refractivity (Wildman–Crippen MR) is 42.7 cm³/mol. The van der Waals surface area contributed by atoms with Crippen LogP contribution in [0.25, 0.3) is 0 Å². The van der Waals surface area contributed by atoms with Crippen LogP contribution in [0.3, 0.4) is 0 Å². The molecule has 0 aliphatic heterocycles. The smallest absolute Gasteiger partial charge is 0.217 e. The summed E-state index contributed by atoms with van der Waals surface area (Å²) in [6, 6.07) is 0. The fourth-order valence-electron chi connectivity index (χ4n) is 1.55. The molecule has 1 aliphatic rings. The third-order valence-corrected chi connectivity index (χ3v) is 2.39. The summed E-state index contributed by atoms with van der Waals surface area (Å²) >= 11 is 0. The number of hydrogen-bond donors (Lipinski definition) is 0. The molecule has 4 heteroatoms. The zero-order valence-electron chi connectivity index (χ0n) is 7.00. The van der Waals surface area contributed by atoms with Crippen LogP contribution in [-0.2, 0) is 9.59 Å². The van der Waals surface area contributed by atoms with E-state index in [4.69, 9.17) is 0 Å². The van der Waals surface area contributed by atoms with Crippen molar-refractivity contribution >= 4 is 11.6 Å². The maximum absolute atomic E-state index is 11.3. The van der Waals surface area contributed by atoms with Crippen molar-refractivity contribution in [1.82, 2.24) is 0 Å². The SMILES string of the molecule is CC(=O)C1(N=O)CCCCC1=O. The van der Waals surface area contributed by atoms with Crippen molar-refractivity contribution in [3.8, 4) is 0 Å². The van der Waals surface area contributed by atoms with Crippen molar-refractivity contribution in [3.05, 3.63) is 4.91 Å². The monoisotopic (exact) mass is 169 g/mol. The van der Waals surface area contributed by atoms with Crippen LogP contribution >= 0.6 is 0 Å². The number of carbonyl (C=O) groups excluding carboxylic acids is 2. The van der Waals surface area contributed by atoms with Crippen LogP contribution in [0.15, 0.2) is 5.18 Å². The van der Waals surface area contributed by atoms with Gasteiger partial charge in [0.05, 0.1) is 0 Å². The first kappa shape index (κ1) is 9.03. The van der Waals surface area contributed by atoms with Gasteiger partial charge >= 0.3 is 0 Å². The van der Waals surface area contributed by atoms with Gasteiger partial charge in [0, 0.05) is 6.42 Å². The highest BCUT2D eigenvalue weighted by molar-refractivity contribution is 6.11. The Morgan fingerprint density at radius 2 is 2.17 bits per heavy atom. The number of Topliss-reactive ketones (excluding diaryl/α,β-unsaturated/α-hetero) is 2. The lowest BCUT2D eigenvalue weighted by atomic mass is 9.79. The van der Waals surface area contributed by atoms with Crippen LogP contribution in [-0.4, -0.2) is 17.1 Å². The fourth-order valence-corrected chi connectivity index (χ4v) is 1.55. The van der Waals surface area contributed by atoms with Gasteiger partial charge in [0.1, 0.15) is 0 Å². The van der Waals surface area contributed by atoms with Crippen LogP contribution in [0, 0.1) is 4.91 Å². The first-order chi connectivity index (χ1) is 5.63. The molecule has 1 saturated carbocycles. The summed E-state index contributed by atoms with van der Waals surface area (Å²) in [4.78, 5) is 32.8. The summed E-state index contributed by atoms with van der Waals surface area (Å²) in [5.74, 6) is -0.724. The number of nitrogens with zero attached hydrogens (tertiary/aromatic N) is 1. The third-order valence-electron chi connectivity index (χ3n) is 2.39. The van der Waals surface area contributed by atoms with Gasteiger partial charge in [0.25, 0.3) is 0 Å². The Hall–Kier alpha value is -1.06. The molecule has 66 valence electrons. The molecule has 4 nitrogen and oxygen atoms in total. The molecule has 0 spiro atoms. The minimum atomic E-state index is -1.53. The second-order valence-corrected chi connectivity index (χ2v) is 3.14. The average molecular weight is 169 g/mol. The lowest BCUT2D eigenvalue weighted by Gasteiger charge is -2.25. The molecule has 0 aromatic rings. The van der Waals surface area contributed by atoms with E-state index < -0.39 is 11.3 Å². The van der Waals surface area contributed by atoms with Crippen molar-refractivity contribution in [2.45, 2.75) is 38.1 Å². The third kappa shape index (κ3) is 1.17. The van der Waals surface area contributed by atoms with Crippen LogP contribution in [0.1, 0.15) is 32.6 Å². The maximum Gasteiger partial charge on any atom is 0.217 e. The molecule has 0 saturated heterocycles. The standard InChI is InChI=1S/C8H11NO3/c1-6(10)8(9-12)5-3-2-4-7(8)11/h2-5H2,1H3. The molecule has 0 amide bonds. The predicted octanol–water partition coefficient (Wildman–Crippen LogP) is 1.22. The highest BCUT2D eigenvalue weighted by Gasteiger charge is 2.45. The molecule has 1 rings (SSSR count). The number of rotatable bonds is 2. The number of nitroso groups, excluding NO2 is 1. The Balaban J connectivity index is 2.96. The molecule has 1 atom stereocenters. The van der Waals surface area contributed by atoms with Crippen molar-refractivity contribution in [2.75, 3.05) is 0 Å². The minimum Gasteiger partial charge on any atom is -0.297 e. The summed E-state index contributed by atoms with van der Waals surface area (Å²) in [7, 11) is 0. The molecule has 0 aromatic carbocycles. The van der Waals surface area contributed by atoms with E-state index in [1.54, 1.807) is 0 Å². The summed E-state index contributed by atoms with van der Waals surface area (Å²) in [5.41, 5.74) is -1.53. The Morgan fingerprint density at radius 1 is 1.50 bits per heavy atom. The molecular formula is C8H11NO3. The van der Waals surface area contributed by atoms with Gasteiger partial charge in [0.2, 0.25) is 5.54 Å². The maximum atomic E-state index is 11.3. The molecule has 0 bridgehead atoms. The van der Waals surface area contributed by atoms with E-state index >= 15 is 0 Å². The lowest BCUT2D eigenvalue weighted by Crippen LogP contribution is -2.45. The zero-order chi connectivity index (χ0) is 9.19. The Morgan fingerprint density at radius 3 is 2.50 bits per heavy atom. The highest BCUT2D eigenvalue weighted by Crippen LogP contribution is 2.29.